The molecule has 0 aliphatic rings. The Labute approximate surface area is 248 Å². The highest BCUT2D eigenvalue weighted by Crippen LogP contribution is 2.48. The van der Waals surface area contributed by atoms with Gasteiger partial charge in [0.05, 0.1) is 16.7 Å². The van der Waals surface area contributed by atoms with E-state index in [1.807, 2.05) is 0 Å². The first kappa shape index (κ1) is 23.0. The lowest BCUT2D eigenvalue weighted by Crippen LogP contribution is -1.97. The minimum atomic E-state index is 1.22. The van der Waals surface area contributed by atoms with E-state index in [9.17, 15) is 0 Å². The van der Waals surface area contributed by atoms with Crippen LogP contribution in [0.4, 0.5) is 0 Å². The first-order valence-corrected chi connectivity index (χ1v) is 15.0. The van der Waals surface area contributed by atoms with E-state index in [1.54, 1.807) is 0 Å². The summed E-state index contributed by atoms with van der Waals surface area (Å²) in [5, 5.41) is 15.6. The summed E-state index contributed by atoms with van der Waals surface area (Å²) in [6, 6.07) is 55.9. The minimum absolute atomic E-state index is 1.22. The molecule has 0 aliphatic carbocycles. The largest absolute Gasteiger partial charge is 0.308 e. The second kappa shape index (κ2) is 8.44. The molecule has 0 saturated heterocycles. The predicted molar refractivity (Wildman–Crippen MR) is 185 cm³/mol. The zero-order valence-electron chi connectivity index (χ0n) is 23.4. The number of para-hydroxylation sites is 1. The maximum absolute atomic E-state index is 2.52. The van der Waals surface area contributed by atoms with Crippen molar-refractivity contribution in [1.82, 2.24) is 4.57 Å². The molecular formula is C42H25N. The normalized spacial score (nSPS) is 12.2. The maximum Gasteiger partial charge on any atom is 0.0626 e. The van der Waals surface area contributed by atoms with Crippen molar-refractivity contribution in [3.8, 4) is 16.8 Å². The van der Waals surface area contributed by atoms with Crippen LogP contribution < -0.4 is 0 Å². The Kier molecular flexibility index (Phi) is 4.51. The van der Waals surface area contributed by atoms with Gasteiger partial charge in [-0.3, -0.25) is 0 Å². The van der Waals surface area contributed by atoms with Gasteiger partial charge in [-0.25, -0.2) is 0 Å². The second-order valence-electron chi connectivity index (χ2n) is 11.7. The van der Waals surface area contributed by atoms with Gasteiger partial charge in [-0.05, 0) is 67.0 Å². The fraction of sp³-hybridized carbons (Fsp3) is 0. The Morgan fingerprint density at radius 2 is 0.907 bits per heavy atom. The number of aromatic nitrogens is 1. The van der Waals surface area contributed by atoms with Crippen molar-refractivity contribution >= 4 is 75.7 Å². The van der Waals surface area contributed by atoms with Gasteiger partial charge < -0.3 is 4.57 Å². The molecule has 1 heteroatoms. The monoisotopic (exact) mass is 543 g/mol. The first-order chi connectivity index (χ1) is 21.4. The summed E-state index contributed by atoms with van der Waals surface area (Å²) in [6.07, 6.45) is 0. The van der Waals surface area contributed by atoms with Crippen molar-refractivity contribution in [2.45, 2.75) is 0 Å². The molecule has 10 rings (SSSR count). The zero-order valence-corrected chi connectivity index (χ0v) is 23.4. The van der Waals surface area contributed by atoms with Crippen molar-refractivity contribution in [1.29, 1.82) is 0 Å². The smallest absolute Gasteiger partial charge is 0.0626 e. The molecule has 0 saturated carbocycles. The molecule has 10 aromatic rings. The third-order valence-electron chi connectivity index (χ3n) is 9.49. The molecule has 1 aromatic heterocycles. The van der Waals surface area contributed by atoms with Gasteiger partial charge in [0.1, 0.15) is 0 Å². The zero-order chi connectivity index (χ0) is 28.1. The van der Waals surface area contributed by atoms with Gasteiger partial charge in [0, 0.05) is 26.9 Å². The van der Waals surface area contributed by atoms with Crippen molar-refractivity contribution in [2.75, 3.05) is 0 Å². The second-order valence-corrected chi connectivity index (χ2v) is 11.7. The Hall–Kier alpha value is -5.66. The lowest BCUT2D eigenvalue weighted by molar-refractivity contribution is 1.20. The lowest BCUT2D eigenvalue weighted by atomic mass is 9.86. The summed E-state index contributed by atoms with van der Waals surface area (Å²) < 4.78 is 2.52. The average Bonchev–Trinajstić information content (AvgIpc) is 3.42. The molecule has 0 fully saturated rings. The van der Waals surface area contributed by atoms with Crippen LogP contribution in [0, 0.1) is 0 Å². The molecule has 198 valence electrons. The van der Waals surface area contributed by atoms with Crippen LogP contribution in [0.15, 0.2) is 152 Å². The number of fused-ring (bicyclic) bond motifs is 7. The highest BCUT2D eigenvalue weighted by atomic mass is 15.0. The molecule has 0 spiro atoms. The minimum Gasteiger partial charge on any atom is -0.308 e. The molecule has 0 N–H and O–H groups in total. The van der Waals surface area contributed by atoms with E-state index in [-0.39, 0.29) is 0 Å². The number of hydrogen-bond acceptors (Lipinski definition) is 0. The molecule has 1 heterocycles. The summed E-state index contributed by atoms with van der Waals surface area (Å²) in [4.78, 5) is 0. The summed E-state index contributed by atoms with van der Waals surface area (Å²) in [6.45, 7) is 0. The summed E-state index contributed by atoms with van der Waals surface area (Å²) >= 11 is 0. The van der Waals surface area contributed by atoms with Gasteiger partial charge in [0.25, 0.3) is 0 Å². The average molecular weight is 544 g/mol. The maximum atomic E-state index is 2.52. The third-order valence-corrected chi connectivity index (χ3v) is 9.49. The van der Waals surface area contributed by atoms with Crippen LogP contribution in [-0.2, 0) is 0 Å². The standard InChI is InChI=1S/C42H25N/c1-3-16-29-26(11-1)13-7-19-31(29)36-25-28-15-8-21-34-39(28)40-32(36)20-10-22-35(40)42-41(34)33-18-5-6-23-38(33)43(42)37-24-9-14-27-12-2-4-17-30(27)37/h1-25H. The van der Waals surface area contributed by atoms with Gasteiger partial charge in [0.2, 0.25) is 0 Å². The number of benzene rings is 9. The van der Waals surface area contributed by atoms with E-state index in [0.29, 0.717) is 0 Å². The molecule has 0 atom stereocenters. The molecular weight excluding hydrogens is 518 g/mol. The van der Waals surface area contributed by atoms with E-state index >= 15 is 0 Å². The number of hydrogen-bond donors (Lipinski definition) is 0. The Morgan fingerprint density at radius 1 is 0.326 bits per heavy atom. The molecule has 0 unspecified atom stereocenters. The number of rotatable bonds is 2. The topological polar surface area (TPSA) is 4.93 Å². The molecule has 0 amide bonds. The summed E-state index contributed by atoms with van der Waals surface area (Å²) in [7, 11) is 0. The predicted octanol–water partition coefficient (Wildman–Crippen LogP) is 11.7. The van der Waals surface area contributed by atoms with Crippen LogP contribution in [-0.4, -0.2) is 4.57 Å². The van der Waals surface area contributed by atoms with E-state index in [4.69, 9.17) is 0 Å². The Morgan fingerprint density at radius 3 is 1.79 bits per heavy atom. The van der Waals surface area contributed by atoms with Crippen LogP contribution in [0.25, 0.3) is 92.5 Å². The fourth-order valence-corrected chi connectivity index (χ4v) is 7.76. The SMILES string of the molecule is c1ccc2c(-c3cc4cccc5c4c4c3cccc4c3c5c4ccccc4n3-c3cccc4ccccc34)cccc2c1. The van der Waals surface area contributed by atoms with Gasteiger partial charge in [-0.15, -0.1) is 0 Å². The van der Waals surface area contributed by atoms with Crippen molar-refractivity contribution in [3.63, 3.8) is 0 Å². The van der Waals surface area contributed by atoms with Gasteiger partial charge in [-0.2, -0.15) is 0 Å². The fourth-order valence-electron chi connectivity index (χ4n) is 7.76. The van der Waals surface area contributed by atoms with E-state index in [2.05, 4.69) is 156 Å². The molecule has 9 aromatic carbocycles. The van der Waals surface area contributed by atoms with E-state index in [1.165, 1.54) is 92.5 Å². The van der Waals surface area contributed by atoms with Crippen molar-refractivity contribution < 1.29 is 0 Å². The van der Waals surface area contributed by atoms with Crippen LogP contribution in [0.5, 0.6) is 0 Å². The highest BCUT2D eigenvalue weighted by molar-refractivity contribution is 6.39. The molecule has 0 radical (unpaired) electrons. The van der Waals surface area contributed by atoms with Gasteiger partial charge in [-0.1, -0.05) is 133 Å². The molecule has 0 bridgehead atoms. The highest BCUT2D eigenvalue weighted by Gasteiger charge is 2.23. The summed E-state index contributed by atoms with van der Waals surface area (Å²) in [5.74, 6) is 0. The summed E-state index contributed by atoms with van der Waals surface area (Å²) in [5.41, 5.74) is 6.30. The van der Waals surface area contributed by atoms with Gasteiger partial charge in [0.15, 0.2) is 0 Å². The molecule has 43 heavy (non-hydrogen) atoms. The van der Waals surface area contributed by atoms with Crippen molar-refractivity contribution in [2.24, 2.45) is 0 Å². The number of nitrogens with zero attached hydrogens (tertiary/aromatic N) is 1. The Bertz CT molecular complexity index is 2710. The third kappa shape index (κ3) is 3.01. The quantitative estimate of drug-likeness (QED) is 0.191. The first-order valence-electron chi connectivity index (χ1n) is 15.0. The van der Waals surface area contributed by atoms with Crippen LogP contribution in [0.2, 0.25) is 0 Å². The Balaban J connectivity index is 1.47. The van der Waals surface area contributed by atoms with E-state index in [0.717, 1.165) is 0 Å². The van der Waals surface area contributed by atoms with Crippen LogP contribution in [0.3, 0.4) is 0 Å². The molecule has 0 aliphatic heterocycles. The van der Waals surface area contributed by atoms with Crippen LogP contribution >= 0.6 is 0 Å². The van der Waals surface area contributed by atoms with Crippen molar-refractivity contribution in [3.05, 3.63) is 152 Å². The lowest BCUT2D eigenvalue weighted by Gasteiger charge is -2.19. The van der Waals surface area contributed by atoms with E-state index < -0.39 is 0 Å². The molecule has 1 nitrogen and oxygen atoms in total. The van der Waals surface area contributed by atoms with Gasteiger partial charge >= 0.3 is 0 Å². The van der Waals surface area contributed by atoms with Crippen LogP contribution in [0.1, 0.15) is 0 Å².